The first-order valence-electron chi connectivity index (χ1n) is 9.51. The van der Waals surface area contributed by atoms with Crippen molar-refractivity contribution in [2.75, 3.05) is 0 Å². The Morgan fingerprint density at radius 1 is 1.03 bits per heavy atom. The lowest BCUT2D eigenvalue weighted by atomic mass is 10.0. The lowest BCUT2D eigenvalue weighted by Gasteiger charge is -2.09. The quantitative estimate of drug-likeness (QED) is 0.499. The molecule has 1 aromatic carbocycles. The Labute approximate surface area is 185 Å². The monoisotopic (exact) mass is 449 g/mol. The van der Waals surface area contributed by atoms with Crippen molar-refractivity contribution in [3.05, 3.63) is 89.9 Å². The molecule has 0 atom stereocenters. The maximum atomic E-state index is 12.8. The van der Waals surface area contributed by atoms with Crippen LogP contribution < -0.4 is 5.32 Å². The topological polar surface area (TPSA) is 109 Å². The molecule has 1 amide bonds. The van der Waals surface area contributed by atoms with Crippen LogP contribution in [0.15, 0.2) is 67.4 Å². The molecule has 3 heterocycles. The Morgan fingerprint density at radius 2 is 1.82 bits per heavy atom. The number of hydrogen-bond acceptors (Lipinski definition) is 6. The Bertz CT molecular complexity index is 1320. The van der Waals surface area contributed by atoms with E-state index in [0.717, 1.165) is 12.1 Å². The SMILES string of the molecule is N#Cc1ccc(-n2ncnc2CNC(=O)c2cncc(-c3ccc(C(F)(F)F)cc3)c2)nc1. The Hall–Kier alpha value is -4.59. The fraction of sp³-hybridized carbons (Fsp3) is 0.0909. The summed E-state index contributed by atoms with van der Waals surface area (Å²) in [6, 6.07) is 11.3. The summed E-state index contributed by atoms with van der Waals surface area (Å²) in [5, 5.41) is 15.7. The van der Waals surface area contributed by atoms with E-state index in [1.54, 1.807) is 12.1 Å². The highest BCUT2D eigenvalue weighted by Gasteiger charge is 2.30. The first-order valence-corrected chi connectivity index (χ1v) is 9.51. The fourth-order valence-electron chi connectivity index (χ4n) is 2.99. The highest BCUT2D eigenvalue weighted by atomic mass is 19.4. The van der Waals surface area contributed by atoms with Crippen LogP contribution in [0.4, 0.5) is 13.2 Å². The molecule has 1 N–H and O–H groups in total. The summed E-state index contributed by atoms with van der Waals surface area (Å²) in [7, 11) is 0. The van der Waals surface area contributed by atoms with Gasteiger partial charge in [0.1, 0.15) is 12.4 Å². The van der Waals surface area contributed by atoms with E-state index >= 15 is 0 Å². The molecule has 0 bridgehead atoms. The van der Waals surface area contributed by atoms with Gasteiger partial charge in [0.05, 0.1) is 23.2 Å². The molecule has 8 nitrogen and oxygen atoms in total. The highest BCUT2D eigenvalue weighted by molar-refractivity contribution is 5.95. The van der Waals surface area contributed by atoms with Crippen molar-refractivity contribution >= 4 is 5.91 Å². The van der Waals surface area contributed by atoms with Crippen LogP contribution in [-0.2, 0) is 12.7 Å². The van der Waals surface area contributed by atoms with Crippen molar-refractivity contribution in [2.24, 2.45) is 0 Å². The van der Waals surface area contributed by atoms with Gasteiger partial charge in [0.15, 0.2) is 11.6 Å². The van der Waals surface area contributed by atoms with E-state index < -0.39 is 17.6 Å². The predicted molar refractivity (Wildman–Crippen MR) is 110 cm³/mol. The van der Waals surface area contributed by atoms with Crippen LogP contribution in [0, 0.1) is 11.3 Å². The summed E-state index contributed by atoms with van der Waals surface area (Å²) in [5.74, 6) is 0.396. The average molecular weight is 449 g/mol. The molecule has 0 unspecified atom stereocenters. The van der Waals surface area contributed by atoms with E-state index in [9.17, 15) is 18.0 Å². The normalized spacial score (nSPS) is 11.1. The van der Waals surface area contributed by atoms with Crippen LogP contribution in [0.3, 0.4) is 0 Å². The number of nitrogens with zero attached hydrogens (tertiary/aromatic N) is 6. The zero-order chi connectivity index (χ0) is 23.4. The molecular formula is C22H14F3N7O. The van der Waals surface area contributed by atoms with Crippen molar-refractivity contribution in [2.45, 2.75) is 12.7 Å². The minimum atomic E-state index is -4.42. The molecule has 0 fully saturated rings. The van der Waals surface area contributed by atoms with E-state index in [0.29, 0.717) is 28.3 Å². The van der Waals surface area contributed by atoms with E-state index in [1.165, 1.54) is 47.8 Å². The Kier molecular flexibility index (Phi) is 5.82. The molecule has 0 spiro atoms. The molecule has 164 valence electrons. The van der Waals surface area contributed by atoms with Gasteiger partial charge in [-0.1, -0.05) is 12.1 Å². The molecule has 0 radical (unpaired) electrons. The smallest absolute Gasteiger partial charge is 0.345 e. The second kappa shape index (κ2) is 8.88. The van der Waals surface area contributed by atoms with E-state index in [4.69, 9.17) is 5.26 Å². The lowest BCUT2D eigenvalue weighted by molar-refractivity contribution is -0.137. The van der Waals surface area contributed by atoms with Gasteiger partial charge in [0.2, 0.25) is 0 Å². The molecule has 0 saturated heterocycles. The average Bonchev–Trinajstić information content (AvgIpc) is 3.31. The summed E-state index contributed by atoms with van der Waals surface area (Å²) in [6.45, 7) is 0.0328. The van der Waals surface area contributed by atoms with Gasteiger partial charge in [-0.15, -0.1) is 0 Å². The van der Waals surface area contributed by atoms with E-state index in [1.807, 2.05) is 6.07 Å². The first kappa shape index (κ1) is 21.6. The number of nitrogens with one attached hydrogen (secondary N) is 1. The second-order valence-corrected chi connectivity index (χ2v) is 6.83. The molecule has 0 saturated carbocycles. The van der Waals surface area contributed by atoms with Crippen molar-refractivity contribution in [1.29, 1.82) is 5.26 Å². The number of nitriles is 1. The molecular weight excluding hydrogens is 435 g/mol. The number of alkyl halides is 3. The maximum absolute atomic E-state index is 12.8. The number of aromatic nitrogens is 5. The number of pyridine rings is 2. The molecule has 0 aliphatic carbocycles. The zero-order valence-corrected chi connectivity index (χ0v) is 16.8. The first-order chi connectivity index (χ1) is 15.8. The minimum absolute atomic E-state index is 0.0328. The highest BCUT2D eigenvalue weighted by Crippen LogP contribution is 2.31. The number of amides is 1. The van der Waals surface area contributed by atoms with Gasteiger partial charge in [-0.25, -0.2) is 9.97 Å². The molecule has 3 aromatic heterocycles. The van der Waals surface area contributed by atoms with Gasteiger partial charge in [-0.2, -0.15) is 28.2 Å². The van der Waals surface area contributed by atoms with Crippen molar-refractivity contribution < 1.29 is 18.0 Å². The van der Waals surface area contributed by atoms with Crippen LogP contribution in [0.25, 0.3) is 16.9 Å². The molecule has 33 heavy (non-hydrogen) atoms. The van der Waals surface area contributed by atoms with Gasteiger partial charge in [-0.3, -0.25) is 9.78 Å². The Morgan fingerprint density at radius 3 is 2.48 bits per heavy atom. The summed E-state index contributed by atoms with van der Waals surface area (Å²) in [6.07, 6.45) is 1.11. The number of carbonyl (C=O) groups excluding carboxylic acids is 1. The Balaban J connectivity index is 1.47. The molecule has 4 aromatic rings. The van der Waals surface area contributed by atoms with Crippen LogP contribution in [-0.4, -0.2) is 30.6 Å². The summed E-state index contributed by atoms with van der Waals surface area (Å²) < 4.78 is 39.7. The van der Waals surface area contributed by atoms with Gasteiger partial charge >= 0.3 is 6.18 Å². The number of benzene rings is 1. The van der Waals surface area contributed by atoms with E-state index in [2.05, 4.69) is 25.4 Å². The number of rotatable bonds is 5. The summed E-state index contributed by atoms with van der Waals surface area (Å²) >= 11 is 0. The van der Waals surface area contributed by atoms with Crippen LogP contribution in [0.5, 0.6) is 0 Å². The summed E-state index contributed by atoms with van der Waals surface area (Å²) in [5.41, 5.74) is 0.871. The number of carbonyl (C=O) groups is 1. The lowest BCUT2D eigenvalue weighted by Crippen LogP contribution is -2.25. The minimum Gasteiger partial charge on any atom is -0.345 e. The van der Waals surface area contributed by atoms with Crippen molar-refractivity contribution in [3.8, 4) is 23.0 Å². The van der Waals surface area contributed by atoms with Gasteiger partial charge < -0.3 is 5.32 Å². The standard InChI is InChI=1S/C22H14F3N7O/c23-22(24,25)18-4-2-15(3-5-18)16-7-17(11-27-10-16)21(33)29-12-20-30-13-31-32(20)19-6-1-14(8-26)9-28-19/h1-7,9-11,13H,12H2,(H,29,33). The number of hydrogen-bond donors (Lipinski definition) is 1. The third kappa shape index (κ3) is 4.85. The largest absolute Gasteiger partial charge is 0.416 e. The zero-order valence-electron chi connectivity index (χ0n) is 16.8. The molecule has 0 aliphatic heterocycles. The molecule has 11 heteroatoms. The predicted octanol–water partition coefficient (Wildman–Crippen LogP) is 3.54. The fourth-order valence-corrected chi connectivity index (χ4v) is 2.99. The van der Waals surface area contributed by atoms with Gasteiger partial charge in [-0.05, 0) is 35.9 Å². The van der Waals surface area contributed by atoms with Crippen LogP contribution >= 0.6 is 0 Å². The van der Waals surface area contributed by atoms with Crippen LogP contribution in [0.2, 0.25) is 0 Å². The van der Waals surface area contributed by atoms with E-state index in [-0.39, 0.29) is 12.1 Å². The van der Waals surface area contributed by atoms with Gasteiger partial charge in [0, 0.05) is 24.2 Å². The van der Waals surface area contributed by atoms with Crippen molar-refractivity contribution in [1.82, 2.24) is 30.0 Å². The second-order valence-electron chi connectivity index (χ2n) is 6.83. The van der Waals surface area contributed by atoms with Crippen molar-refractivity contribution in [3.63, 3.8) is 0 Å². The summed E-state index contributed by atoms with van der Waals surface area (Å²) in [4.78, 5) is 24.9. The van der Waals surface area contributed by atoms with Gasteiger partial charge in [0.25, 0.3) is 5.91 Å². The maximum Gasteiger partial charge on any atom is 0.416 e. The molecule has 4 rings (SSSR count). The third-order valence-electron chi connectivity index (χ3n) is 4.67. The third-order valence-corrected chi connectivity index (χ3v) is 4.67. The number of halogens is 3. The molecule has 0 aliphatic rings. The van der Waals surface area contributed by atoms with Crippen LogP contribution in [0.1, 0.15) is 27.3 Å².